The first-order chi connectivity index (χ1) is 5.11. The molecule has 1 rings (SSSR count). The van der Waals surface area contributed by atoms with Gasteiger partial charge in [-0.05, 0) is 37.0 Å². The minimum atomic E-state index is 0.782. The predicted octanol–water partition coefficient (Wildman–Crippen LogP) is 3.84. The molecule has 0 aliphatic heterocycles. The summed E-state index contributed by atoms with van der Waals surface area (Å²) in [4.78, 5) is 0.782. The lowest BCUT2D eigenvalue weighted by molar-refractivity contribution is 0.284. The Hall–Kier alpha value is 0.480. The summed E-state index contributed by atoms with van der Waals surface area (Å²) in [6.07, 6.45) is 4.14. The number of rotatable bonds is 0. The van der Waals surface area contributed by atoms with Gasteiger partial charge in [-0.2, -0.15) is 0 Å². The van der Waals surface area contributed by atoms with Gasteiger partial charge in [-0.15, -0.1) is 0 Å². The van der Waals surface area contributed by atoms with Crippen molar-refractivity contribution >= 4 is 15.9 Å². The van der Waals surface area contributed by atoms with Crippen LogP contribution in [0.2, 0.25) is 0 Å². The summed E-state index contributed by atoms with van der Waals surface area (Å²) < 4.78 is 0. The van der Waals surface area contributed by atoms with E-state index in [-0.39, 0.29) is 0 Å². The monoisotopic (exact) mass is 218 g/mol. The van der Waals surface area contributed by atoms with E-state index >= 15 is 0 Å². The zero-order valence-corrected chi connectivity index (χ0v) is 9.39. The van der Waals surface area contributed by atoms with Crippen molar-refractivity contribution in [2.24, 2.45) is 17.8 Å². The molecule has 66 valence electrons. The first-order valence-electron chi connectivity index (χ1n) is 4.75. The molecule has 1 aliphatic rings. The molecule has 0 aromatic heterocycles. The molecule has 11 heavy (non-hydrogen) atoms. The van der Waals surface area contributed by atoms with Crippen LogP contribution in [-0.2, 0) is 0 Å². The molecule has 1 aliphatic carbocycles. The van der Waals surface area contributed by atoms with Gasteiger partial charge >= 0.3 is 0 Å². The normalized spacial score (nSPS) is 46.9. The van der Waals surface area contributed by atoms with E-state index < -0.39 is 0 Å². The highest BCUT2D eigenvalue weighted by molar-refractivity contribution is 9.09. The van der Waals surface area contributed by atoms with Gasteiger partial charge in [0.2, 0.25) is 0 Å². The molecule has 4 atom stereocenters. The zero-order valence-electron chi connectivity index (χ0n) is 7.81. The second-order valence-corrected chi connectivity index (χ2v) is 5.52. The van der Waals surface area contributed by atoms with Gasteiger partial charge in [0.15, 0.2) is 0 Å². The maximum Gasteiger partial charge on any atom is 0.0148 e. The molecule has 1 fully saturated rings. The van der Waals surface area contributed by atoms with Crippen molar-refractivity contribution in [3.05, 3.63) is 0 Å². The summed E-state index contributed by atoms with van der Waals surface area (Å²) in [5.41, 5.74) is 0. The second kappa shape index (κ2) is 3.93. The molecule has 0 radical (unpaired) electrons. The Labute approximate surface area is 78.9 Å². The van der Waals surface area contributed by atoms with Crippen molar-refractivity contribution in [2.45, 2.75) is 44.9 Å². The highest BCUT2D eigenvalue weighted by atomic mass is 79.9. The van der Waals surface area contributed by atoms with E-state index in [0.717, 1.165) is 22.6 Å². The molecule has 0 heterocycles. The van der Waals surface area contributed by atoms with Crippen LogP contribution in [0.1, 0.15) is 40.0 Å². The van der Waals surface area contributed by atoms with E-state index in [1.165, 1.54) is 19.3 Å². The Balaban J connectivity index is 2.53. The van der Waals surface area contributed by atoms with Crippen LogP contribution in [0, 0.1) is 17.8 Å². The third kappa shape index (κ3) is 2.47. The van der Waals surface area contributed by atoms with Gasteiger partial charge in [0.25, 0.3) is 0 Å². The fraction of sp³-hybridized carbons (Fsp3) is 1.00. The van der Waals surface area contributed by atoms with Crippen molar-refractivity contribution < 1.29 is 0 Å². The van der Waals surface area contributed by atoms with Crippen LogP contribution in [0.5, 0.6) is 0 Å². The van der Waals surface area contributed by atoms with Gasteiger partial charge in [-0.1, -0.05) is 36.7 Å². The fourth-order valence-electron chi connectivity index (χ4n) is 2.00. The number of halogens is 1. The van der Waals surface area contributed by atoms with Crippen LogP contribution < -0.4 is 0 Å². The second-order valence-electron chi connectivity index (χ2n) is 4.22. The summed E-state index contributed by atoms with van der Waals surface area (Å²) in [6, 6.07) is 0. The van der Waals surface area contributed by atoms with Crippen LogP contribution in [0.3, 0.4) is 0 Å². The first kappa shape index (κ1) is 9.57. The molecule has 1 heteroatoms. The molecule has 0 saturated heterocycles. The molecular formula is C10H19Br. The van der Waals surface area contributed by atoms with Crippen molar-refractivity contribution in [3.63, 3.8) is 0 Å². The van der Waals surface area contributed by atoms with Gasteiger partial charge in [-0.25, -0.2) is 0 Å². The predicted molar refractivity (Wildman–Crippen MR) is 54.1 cm³/mol. The molecule has 1 saturated carbocycles. The molecule has 0 nitrogen and oxygen atoms in total. The molecular weight excluding hydrogens is 200 g/mol. The zero-order chi connectivity index (χ0) is 8.43. The van der Waals surface area contributed by atoms with Crippen molar-refractivity contribution in [1.29, 1.82) is 0 Å². The average Bonchev–Trinajstić information content (AvgIpc) is 2.05. The van der Waals surface area contributed by atoms with Gasteiger partial charge in [0.1, 0.15) is 0 Å². The number of hydrogen-bond acceptors (Lipinski definition) is 0. The topological polar surface area (TPSA) is 0 Å². The maximum absolute atomic E-state index is 3.73. The Morgan fingerprint density at radius 3 is 2.27 bits per heavy atom. The smallest absolute Gasteiger partial charge is 0.0148 e. The summed E-state index contributed by atoms with van der Waals surface area (Å²) in [5, 5.41) is 0. The van der Waals surface area contributed by atoms with E-state index in [2.05, 4.69) is 36.7 Å². The molecule has 0 bridgehead atoms. The Bertz CT molecular complexity index is 122. The summed E-state index contributed by atoms with van der Waals surface area (Å²) >= 11 is 3.73. The standard InChI is InChI=1S/C10H19Br/c1-7-4-5-10(11)6-8(2)9(7)3/h7-10H,4-6H2,1-3H3/t7?,8-,9?,10?/m0/s1. The van der Waals surface area contributed by atoms with Crippen molar-refractivity contribution in [1.82, 2.24) is 0 Å². The van der Waals surface area contributed by atoms with E-state index in [9.17, 15) is 0 Å². The van der Waals surface area contributed by atoms with E-state index in [1.54, 1.807) is 0 Å². The fourth-order valence-corrected chi connectivity index (χ4v) is 2.86. The summed E-state index contributed by atoms with van der Waals surface area (Å²) in [7, 11) is 0. The minimum absolute atomic E-state index is 0.782. The molecule has 3 unspecified atom stereocenters. The largest absolute Gasteiger partial charge is 0.0891 e. The SMILES string of the molecule is CC1CCC(Br)C[C@H](C)C1C. The average molecular weight is 219 g/mol. The van der Waals surface area contributed by atoms with Crippen molar-refractivity contribution in [2.75, 3.05) is 0 Å². The maximum atomic E-state index is 3.73. The van der Waals surface area contributed by atoms with Crippen molar-refractivity contribution in [3.8, 4) is 0 Å². The van der Waals surface area contributed by atoms with E-state index in [1.807, 2.05) is 0 Å². The Kier molecular flexibility index (Phi) is 3.42. The lowest BCUT2D eigenvalue weighted by atomic mass is 9.84. The highest BCUT2D eigenvalue weighted by Gasteiger charge is 2.25. The van der Waals surface area contributed by atoms with Gasteiger partial charge in [0.05, 0.1) is 0 Å². The van der Waals surface area contributed by atoms with Gasteiger partial charge < -0.3 is 0 Å². The van der Waals surface area contributed by atoms with Crippen LogP contribution in [0.15, 0.2) is 0 Å². The minimum Gasteiger partial charge on any atom is -0.0891 e. The molecule has 0 spiro atoms. The highest BCUT2D eigenvalue weighted by Crippen LogP contribution is 2.35. The van der Waals surface area contributed by atoms with Crippen LogP contribution in [-0.4, -0.2) is 4.83 Å². The quantitative estimate of drug-likeness (QED) is 0.429. The van der Waals surface area contributed by atoms with Gasteiger partial charge in [-0.3, -0.25) is 0 Å². The number of alkyl halides is 1. The van der Waals surface area contributed by atoms with Crippen LogP contribution >= 0.6 is 15.9 Å². The lowest BCUT2D eigenvalue weighted by Gasteiger charge is -2.22. The Morgan fingerprint density at radius 2 is 1.64 bits per heavy atom. The van der Waals surface area contributed by atoms with Gasteiger partial charge in [0, 0.05) is 4.83 Å². The third-order valence-electron chi connectivity index (χ3n) is 3.36. The lowest BCUT2D eigenvalue weighted by Crippen LogP contribution is -2.14. The Morgan fingerprint density at radius 1 is 1.00 bits per heavy atom. The van der Waals surface area contributed by atoms with E-state index in [0.29, 0.717) is 0 Å². The van der Waals surface area contributed by atoms with Crippen LogP contribution in [0.4, 0.5) is 0 Å². The third-order valence-corrected chi connectivity index (χ3v) is 4.19. The molecule has 0 N–H and O–H groups in total. The molecule has 0 aromatic carbocycles. The summed E-state index contributed by atoms with van der Waals surface area (Å²) in [6.45, 7) is 7.19. The molecule has 0 amide bonds. The summed E-state index contributed by atoms with van der Waals surface area (Å²) in [5.74, 6) is 2.74. The van der Waals surface area contributed by atoms with Crippen LogP contribution in [0.25, 0.3) is 0 Å². The van der Waals surface area contributed by atoms with E-state index in [4.69, 9.17) is 0 Å². The molecule has 0 aromatic rings. The number of hydrogen-bond donors (Lipinski definition) is 0. The first-order valence-corrected chi connectivity index (χ1v) is 5.67.